The summed E-state index contributed by atoms with van der Waals surface area (Å²) in [5.41, 5.74) is 0.579. The first kappa shape index (κ1) is 11.1. The number of rotatable bonds is 1. The Balaban J connectivity index is 2.14. The Morgan fingerprint density at radius 1 is 1.31 bits per heavy atom. The number of nitrogens with zero attached hydrogens (tertiary/aromatic N) is 1. The van der Waals surface area contributed by atoms with Crippen LogP contribution in [0.3, 0.4) is 0 Å². The number of benzene rings is 1. The Hall–Kier alpha value is -1.38. The van der Waals surface area contributed by atoms with E-state index < -0.39 is 0 Å². The molecular formula is C13H16FNO. The normalized spacial score (nSPS) is 20.9. The molecule has 0 spiro atoms. The van der Waals surface area contributed by atoms with E-state index in [2.05, 4.69) is 6.92 Å². The Bertz CT molecular complexity index is 374. The molecule has 0 N–H and O–H groups in total. The lowest BCUT2D eigenvalue weighted by Gasteiger charge is -2.33. The van der Waals surface area contributed by atoms with Crippen molar-refractivity contribution in [3.8, 4) is 0 Å². The minimum Gasteiger partial charge on any atom is -0.336 e. The van der Waals surface area contributed by atoms with Gasteiger partial charge in [-0.1, -0.05) is 0 Å². The van der Waals surface area contributed by atoms with Crippen molar-refractivity contribution in [2.75, 3.05) is 6.54 Å². The highest BCUT2D eigenvalue weighted by molar-refractivity contribution is 5.94. The van der Waals surface area contributed by atoms with Gasteiger partial charge in [-0.15, -0.1) is 0 Å². The second-order valence-electron chi connectivity index (χ2n) is 4.35. The van der Waals surface area contributed by atoms with Crippen molar-refractivity contribution >= 4 is 5.91 Å². The molecule has 1 aliphatic rings. The Kier molecular flexibility index (Phi) is 3.22. The van der Waals surface area contributed by atoms with Crippen LogP contribution in [0.15, 0.2) is 24.3 Å². The molecule has 0 unspecified atom stereocenters. The largest absolute Gasteiger partial charge is 0.336 e. The van der Waals surface area contributed by atoms with Crippen molar-refractivity contribution in [1.82, 2.24) is 4.90 Å². The van der Waals surface area contributed by atoms with E-state index in [1.807, 2.05) is 4.90 Å². The number of piperidine rings is 1. The second kappa shape index (κ2) is 4.64. The molecule has 0 aromatic heterocycles. The topological polar surface area (TPSA) is 20.3 Å². The number of amides is 1. The third-order valence-corrected chi connectivity index (χ3v) is 3.16. The van der Waals surface area contributed by atoms with Gasteiger partial charge in [0, 0.05) is 18.2 Å². The average molecular weight is 221 g/mol. The molecule has 2 rings (SSSR count). The van der Waals surface area contributed by atoms with Gasteiger partial charge in [0.15, 0.2) is 0 Å². The Morgan fingerprint density at radius 2 is 2.00 bits per heavy atom. The molecule has 0 aliphatic carbocycles. The van der Waals surface area contributed by atoms with Crippen LogP contribution < -0.4 is 0 Å². The first-order valence-electron chi connectivity index (χ1n) is 5.75. The van der Waals surface area contributed by atoms with Gasteiger partial charge in [0.2, 0.25) is 0 Å². The van der Waals surface area contributed by atoms with E-state index in [0.29, 0.717) is 11.6 Å². The maximum atomic E-state index is 12.7. The molecule has 1 fully saturated rings. The number of likely N-dealkylation sites (tertiary alicyclic amines) is 1. The van der Waals surface area contributed by atoms with Crippen LogP contribution in [0.25, 0.3) is 0 Å². The fourth-order valence-corrected chi connectivity index (χ4v) is 2.16. The minimum absolute atomic E-state index is 0.0206. The fraction of sp³-hybridized carbons (Fsp3) is 0.462. The predicted molar refractivity (Wildman–Crippen MR) is 60.7 cm³/mol. The zero-order chi connectivity index (χ0) is 11.5. The molecule has 3 heteroatoms. The molecule has 0 saturated carbocycles. The first-order chi connectivity index (χ1) is 7.68. The molecule has 16 heavy (non-hydrogen) atoms. The van der Waals surface area contributed by atoms with E-state index in [4.69, 9.17) is 0 Å². The van der Waals surface area contributed by atoms with E-state index in [-0.39, 0.29) is 11.7 Å². The van der Waals surface area contributed by atoms with Crippen LogP contribution in [0.2, 0.25) is 0 Å². The standard InChI is InChI=1S/C13H16FNO/c1-10-4-2-3-9-15(10)13(16)11-5-7-12(14)8-6-11/h5-8,10H,2-4,9H2,1H3/t10-/m1/s1. The highest BCUT2D eigenvalue weighted by Crippen LogP contribution is 2.19. The van der Waals surface area contributed by atoms with Crippen molar-refractivity contribution < 1.29 is 9.18 Å². The Morgan fingerprint density at radius 3 is 2.62 bits per heavy atom. The summed E-state index contributed by atoms with van der Waals surface area (Å²) in [5.74, 6) is -0.282. The van der Waals surface area contributed by atoms with Gasteiger partial charge in [-0.2, -0.15) is 0 Å². The molecule has 0 radical (unpaired) electrons. The molecule has 2 nitrogen and oxygen atoms in total. The highest BCUT2D eigenvalue weighted by Gasteiger charge is 2.23. The molecule has 1 saturated heterocycles. The number of hydrogen-bond acceptors (Lipinski definition) is 1. The van der Waals surface area contributed by atoms with Crippen LogP contribution in [-0.4, -0.2) is 23.4 Å². The van der Waals surface area contributed by atoms with Gasteiger partial charge in [-0.25, -0.2) is 4.39 Å². The number of carbonyl (C=O) groups is 1. The second-order valence-corrected chi connectivity index (χ2v) is 4.35. The number of halogens is 1. The SMILES string of the molecule is C[C@@H]1CCCCN1C(=O)c1ccc(F)cc1. The van der Waals surface area contributed by atoms with Gasteiger partial charge in [-0.05, 0) is 50.5 Å². The monoisotopic (exact) mass is 221 g/mol. The van der Waals surface area contributed by atoms with Crippen LogP contribution in [0.4, 0.5) is 4.39 Å². The smallest absolute Gasteiger partial charge is 0.254 e. The van der Waals surface area contributed by atoms with Crippen molar-refractivity contribution in [2.24, 2.45) is 0 Å². The van der Waals surface area contributed by atoms with Crippen molar-refractivity contribution in [3.05, 3.63) is 35.6 Å². The summed E-state index contributed by atoms with van der Waals surface area (Å²) in [6.45, 7) is 2.89. The Labute approximate surface area is 95.1 Å². The zero-order valence-electron chi connectivity index (χ0n) is 9.45. The van der Waals surface area contributed by atoms with Crippen molar-refractivity contribution in [1.29, 1.82) is 0 Å². The quantitative estimate of drug-likeness (QED) is 0.714. The zero-order valence-corrected chi connectivity index (χ0v) is 9.45. The summed E-state index contributed by atoms with van der Waals surface area (Å²) in [5, 5.41) is 0. The van der Waals surface area contributed by atoms with Gasteiger partial charge in [-0.3, -0.25) is 4.79 Å². The predicted octanol–water partition coefficient (Wildman–Crippen LogP) is 2.84. The van der Waals surface area contributed by atoms with Crippen LogP contribution >= 0.6 is 0 Å². The third-order valence-electron chi connectivity index (χ3n) is 3.16. The summed E-state index contributed by atoms with van der Waals surface area (Å²) in [6, 6.07) is 6.08. The summed E-state index contributed by atoms with van der Waals surface area (Å²) in [7, 11) is 0. The van der Waals surface area contributed by atoms with Crippen LogP contribution in [0.5, 0.6) is 0 Å². The molecule has 1 aliphatic heterocycles. The molecule has 0 bridgehead atoms. The first-order valence-corrected chi connectivity index (χ1v) is 5.75. The maximum Gasteiger partial charge on any atom is 0.254 e. The summed E-state index contributed by atoms with van der Waals surface area (Å²) >= 11 is 0. The fourth-order valence-electron chi connectivity index (χ4n) is 2.16. The molecule has 1 heterocycles. The van der Waals surface area contributed by atoms with Crippen molar-refractivity contribution in [2.45, 2.75) is 32.2 Å². The van der Waals surface area contributed by atoms with E-state index in [0.717, 1.165) is 19.4 Å². The van der Waals surface area contributed by atoms with Crippen molar-refractivity contribution in [3.63, 3.8) is 0 Å². The minimum atomic E-state index is -0.303. The summed E-state index contributed by atoms with van der Waals surface area (Å²) < 4.78 is 12.7. The lowest BCUT2D eigenvalue weighted by Crippen LogP contribution is -2.42. The van der Waals surface area contributed by atoms with Crippen LogP contribution in [0.1, 0.15) is 36.5 Å². The van der Waals surface area contributed by atoms with E-state index >= 15 is 0 Å². The highest BCUT2D eigenvalue weighted by atomic mass is 19.1. The van der Waals surface area contributed by atoms with E-state index in [1.54, 1.807) is 12.1 Å². The molecule has 1 atom stereocenters. The average Bonchev–Trinajstić information content (AvgIpc) is 2.30. The molecule has 1 amide bonds. The molecule has 1 aromatic carbocycles. The number of carbonyl (C=O) groups excluding carboxylic acids is 1. The van der Waals surface area contributed by atoms with Crippen LogP contribution in [0, 0.1) is 5.82 Å². The summed E-state index contributed by atoms with van der Waals surface area (Å²) in [6.07, 6.45) is 3.32. The van der Waals surface area contributed by atoms with E-state index in [1.165, 1.54) is 18.6 Å². The molecule has 1 aromatic rings. The van der Waals surface area contributed by atoms with Crippen LogP contribution in [-0.2, 0) is 0 Å². The molecule has 86 valence electrons. The van der Waals surface area contributed by atoms with E-state index in [9.17, 15) is 9.18 Å². The lowest BCUT2D eigenvalue weighted by atomic mass is 10.0. The summed E-state index contributed by atoms with van der Waals surface area (Å²) in [4.78, 5) is 14.0. The van der Waals surface area contributed by atoms with Gasteiger partial charge < -0.3 is 4.90 Å². The maximum absolute atomic E-state index is 12.7. The van der Waals surface area contributed by atoms with Gasteiger partial charge >= 0.3 is 0 Å². The van der Waals surface area contributed by atoms with Gasteiger partial charge in [0.05, 0.1) is 0 Å². The third kappa shape index (κ3) is 2.23. The number of hydrogen-bond donors (Lipinski definition) is 0. The van der Waals surface area contributed by atoms with Gasteiger partial charge in [0.1, 0.15) is 5.82 Å². The molecular weight excluding hydrogens is 205 g/mol. The van der Waals surface area contributed by atoms with Gasteiger partial charge in [0.25, 0.3) is 5.91 Å². The lowest BCUT2D eigenvalue weighted by molar-refractivity contribution is 0.0635.